The van der Waals surface area contributed by atoms with Crippen LogP contribution < -0.4 is 0 Å². The highest BCUT2D eigenvalue weighted by Crippen LogP contribution is 2.28. The van der Waals surface area contributed by atoms with Gasteiger partial charge < -0.3 is 5.11 Å². The Balaban J connectivity index is 3.04. The third kappa shape index (κ3) is 3.58. The van der Waals surface area contributed by atoms with E-state index >= 15 is 0 Å². The molecule has 1 N–H and O–H groups in total. The number of aliphatic hydroxyl groups excluding tert-OH is 1. The number of hydrogen-bond acceptors (Lipinski definition) is 2. The third-order valence-electron chi connectivity index (χ3n) is 2.03. The predicted molar refractivity (Wildman–Crippen MR) is 65.8 cm³/mol. The fraction of sp³-hybridized carbons (Fsp3) is 0.182. The molecule has 0 atom stereocenters. The van der Waals surface area contributed by atoms with Crippen molar-refractivity contribution in [1.82, 2.24) is 9.78 Å². The molecule has 7 heteroatoms. The van der Waals surface area contributed by atoms with Gasteiger partial charge in [-0.1, -0.05) is 29.1 Å². The van der Waals surface area contributed by atoms with Gasteiger partial charge in [0.15, 0.2) is 5.69 Å². The second-order valence-corrected chi connectivity index (χ2v) is 4.38. The van der Waals surface area contributed by atoms with E-state index < -0.39 is 11.9 Å². The Bertz CT molecular complexity index is 503. The smallest absolute Gasteiger partial charge is 0.392 e. The van der Waals surface area contributed by atoms with Crippen LogP contribution in [-0.2, 0) is 6.18 Å². The van der Waals surface area contributed by atoms with E-state index in [9.17, 15) is 13.2 Å². The average Bonchev–Trinajstić information content (AvgIpc) is 2.73. The Morgan fingerprint density at radius 1 is 1.50 bits per heavy atom. The highest BCUT2D eigenvalue weighted by molar-refractivity contribution is 9.11. The van der Waals surface area contributed by atoms with Gasteiger partial charge in [0.1, 0.15) is 0 Å². The molecule has 1 aromatic heterocycles. The standard InChI is InChI=1S/C11H10BrF3N2O/c1-7(12)5-9(6-18)8(2)17-4-3-10(16-17)11(13,14)15/h3-5,18H,1-2,6H2/b9-5-. The topological polar surface area (TPSA) is 38.0 Å². The van der Waals surface area contributed by atoms with Crippen LogP contribution in [0, 0.1) is 0 Å². The predicted octanol–water partition coefficient (Wildman–Crippen LogP) is 3.20. The molecular formula is C11H10BrF3N2O. The lowest BCUT2D eigenvalue weighted by Gasteiger charge is -2.08. The van der Waals surface area contributed by atoms with E-state index in [1.807, 2.05) is 0 Å². The van der Waals surface area contributed by atoms with Crippen LogP contribution >= 0.6 is 15.9 Å². The molecule has 0 unspecified atom stereocenters. The van der Waals surface area contributed by atoms with Crippen molar-refractivity contribution in [3.63, 3.8) is 0 Å². The van der Waals surface area contributed by atoms with Gasteiger partial charge in [-0.2, -0.15) is 18.3 Å². The molecule has 0 saturated carbocycles. The number of rotatable bonds is 4. The van der Waals surface area contributed by atoms with Crippen LogP contribution in [0.5, 0.6) is 0 Å². The Labute approximate surface area is 110 Å². The fourth-order valence-electron chi connectivity index (χ4n) is 1.18. The quantitative estimate of drug-likeness (QED) is 0.864. The maximum absolute atomic E-state index is 12.4. The SMILES string of the molecule is C=C(Br)/C=C(/CO)C(=C)n1ccc(C(F)(F)F)n1. The lowest BCUT2D eigenvalue weighted by molar-refractivity contribution is -0.141. The van der Waals surface area contributed by atoms with Crippen molar-refractivity contribution >= 4 is 21.6 Å². The van der Waals surface area contributed by atoms with E-state index in [2.05, 4.69) is 34.2 Å². The molecule has 0 fully saturated rings. The van der Waals surface area contributed by atoms with Crippen molar-refractivity contribution in [3.8, 4) is 0 Å². The monoisotopic (exact) mass is 322 g/mol. The second-order valence-electron chi connectivity index (χ2n) is 3.36. The molecule has 0 spiro atoms. The first-order valence-electron chi connectivity index (χ1n) is 4.74. The Hall–Kier alpha value is -1.34. The summed E-state index contributed by atoms with van der Waals surface area (Å²) in [5, 5.41) is 12.5. The van der Waals surface area contributed by atoms with Gasteiger partial charge in [-0.3, -0.25) is 0 Å². The average molecular weight is 323 g/mol. The molecule has 0 aliphatic heterocycles. The van der Waals surface area contributed by atoms with Crippen molar-refractivity contribution in [2.45, 2.75) is 6.18 Å². The number of nitrogens with zero attached hydrogens (tertiary/aromatic N) is 2. The largest absolute Gasteiger partial charge is 0.435 e. The van der Waals surface area contributed by atoms with Gasteiger partial charge in [0.25, 0.3) is 0 Å². The highest BCUT2D eigenvalue weighted by Gasteiger charge is 2.33. The lowest BCUT2D eigenvalue weighted by Crippen LogP contribution is -2.09. The number of aliphatic hydroxyl groups is 1. The first-order valence-corrected chi connectivity index (χ1v) is 5.53. The van der Waals surface area contributed by atoms with Crippen molar-refractivity contribution in [1.29, 1.82) is 0 Å². The first kappa shape index (κ1) is 14.7. The minimum atomic E-state index is -4.51. The molecule has 0 amide bonds. The Morgan fingerprint density at radius 3 is 2.50 bits per heavy atom. The maximum Gasteiger partial charge on any atom is 0.435 e. The van der Waals surface area contributed by atoms with Crippen molar-refractivity contribution < 1.29 is 18.3 Å². The minimum absolute atomic E-state index is 0.147. The fourth-order valence-corrected chi connectivity index (χ4v) is 1.46. The van der Waals surface area contributed by atoms with Crippen molar-refractivity contribution in [2.24, 2.45) is 0 Å². The van der Waals surface area contributed by atoms with Crippen LogP contribution in [-0.4, -0.2) is 21.5 Å². The van der Waals surface area contributed by atoms with Gasteiger partial charge in [0.05, 0.1) is 12.3 Å². The second kappa shape index (κ2) is 5.53. The molecule has 98 valence electrons. The van der Waals surface area contributed by atoms with Crippen LogP contribution in [0.3, 0.4) is 0 Å². The zero-order valence-electron chi connectivity index (χ0n) is 9.21. The molecule has 18 heavy (non-hydrogen) atoms. The number of halogens is 4. The van der Waals surface area contributed by atoms with E-state index in [4.69, 9.17) is 5.11 Å². The number of allylic oxidation sites excluding steroid dienone is 2. The minimum Gasteiger partial charge on any atom is -0.392 e. The summed E-state index contributed by atoms with van der Waals surface area (Å²) in [4.78, 5) is 0. The van der Waals surface area contributed by atoms with E-state index in [0.717, 1.165) is 16.9 Å². The highest BCUT2D eigenvalue weighted by atomic mass is 79.9. The summed E-state index contributed by atoms with van der Waals surface area (Å²) in [6, 6.07) is 0.836. The molecule has 0 bridgehead atoms. The van der Waals surface area contributed by atoms with Crippen LogP contribution in [0.2, 0.25) is 0 Å². The Kier molecular flexibility index (Phi) is 4.53. The third-order valence-corrected chi connectivity index (χ3v) is 2.26. The van der Waals surface area contributed by atoms with Gasteiger partial charge >= 0.3 is 6.18 Å². The van der Waals surface area contributed by atoms with Crippen LogP contribution in [0.1, 0.15) is 5.69 Å². The molecule has 0 saturated heterocycles. The number of alkyl halides is 3. The van der Waals surface area contributed by atoms with Crippen LogP contribution in [0.4, 0.5) is 13.2 Å². The van der Waals surface area contributed by atoms with Gasteiger partial charge in [-0.15, -0.1) is 0 Å². The summed E-state index contributed by atoms with van der Waals surface area (Å²) >= 11 is 3.06. The molecule has 1 aromatic rings. The summed E-state index contributed by atoms with van der Waals surface area (Å²) in [6.07, 6.45) is -1.92. The summed E-state index contributed by atoms with van der Waals surface area (Å²) in [5.74, 6) is 0. The molecular weight excluding hydrogens is 313 g/mol. The Morgan fingerprint density at radius 2 is 2.11 bits per heavy atom. The normalized spacial score (nSPS) is 12.6. The molecule has 3 nitrogen and oxygen atoms in total. The van der Waals surface area contributed by atoms with Gasteiger partial charge in [-0.25, -0.2) is 4.68 Å². The number of hydrogen-bond donors (Lipinski definition) is 1. The zero-order chi connectivity index (χ0) is 13.9. The van der Waals surface area contributed by atoms with Gasteiger partial charge in [-0.05, 0) is 12.1 Å². The van der Waals surface area contributed by atoms with Crippen molar-refractivity contribution in [2.75, 3.05) is 6.61 Å². The van der Waals surface area contributed by atoms with Gasteiger partial charge in [0, 0.05) is 16.3 Å². The molecule has 1 heterocycles. The lowest BCUT2D eigenvalue weighted by atomic mass is 10.2. The summed E-state index contributed by atoms with van der Waals surface area (Å²) in [7, 11) is 0. The molecule has 0 aliphatic carbocycles. The van der Waals surface area contributed by atoms with Crippen molar-refractivity contribution in [3.05, 3.63) is 47.2 Å². The van der Waals surface area contributed by atoms with E-state index in [0.29, 0.717) is 10.1 Å². The molecule has 0 aliphatic rings. The summed E-state index contributed by atoms with van der Waals surface area (Å²) < 4.78 is 38.5. The zero-order valence-corrected chi connectivity index (χ0v) is 10.8. The van der Waals surface area contributed by atoms with E-state index in [1.54, 1.807) is 0 Å². The van der Waals surface area contributed by atoms with E-state index in [1.165, 1.54) is 6.08 Å². The number of aromatic nitrogens is 2. The molecule has 0 radical (unpaired) electrons. The van der Waals surface area contributed by atoms with Crippen LogP contribution in [0.15, 0.2) is 41.6 Å². The van der Waals surface area contributed by atoms with E-state index in [-0.39, 0.29) is 12.3 Å². The van der Waals surface area contributed by atoms with Gasteiger partial charge in [0.2, 0.25) is 0 Å². The van der Waals surface area contributed by atoms with Crippen LogP contribution in [0.25, 0.3) is 5.70 Å². The molecule has 0 aromatic carbocycles. The summed E-state index contributed by atoms with van der Waals surface area (Å²) in [5.41, 5.74) is -0.555. The maximum atomic E-state index is 12.4. The first-order chi connectivity index (χ1) is 8.25. The summed E-state index contributed by atoms with van der Waals surface area (Å²) in [6.45, 7) is 6.74. The molecule has 1 rings (SSSR count).